The van der Waals surface area contributed by atoms with Crippen molar-refractivity contribution < 1.29 is 14.4 Å². The first kappa shape index (κ1) is 20.4. The molecule has 8 heteroatoms. The molecule has 31 heavy (non-hydrogen) atoms. The number of rotatable bonds is 7. The number of hydrogen-bond acceptors (Lipinski definition) is 4. The maximum absolute atomic E-state index is 13.1. The Balaban J connectivity index is 1.57. The first-order valence-corrected chi connectivity index (χ1v) is 10.5. The molecule has 0 saturated heterocycles. The van der Waals surface area contributed by atoms with Gasteiger partial charge in [0, 0.05) is 34.8 Å². The highest BCUT2D eigenvalue weighted by Crippen LogP contribution is 2.20. The van der Waals surface area contributed by atoms with E-state index < -0.39 is 11.9 Å². The van der Waals surface area contributed by atoms with Crippen molar-refractivity contribution in [2.45, 2.75) is 12.5 Å². The van der Waals surface area contributed by atoms with Crippen LogP contribution >= 0.6 is 11.3 Å². The van der Waals surface area contributed by atoms with Crippen LogP contribution in [-0.4, -0.2) is 28.7 Å². The molecule has 5 N–H and O–H groups in total. The molecule has 0 aliphatic carbocycles. The fourth-order valence-corrected chi connectivity index (χ4v) is 3.94. The van der Waals surface area contributed by atoms with Gasteiger partial charge in [0.05, 0.1) is 4.88 Å². The Morgan fingerprint density at radius 2 is 1.77 bits per heavy atom. The fourth-order valence-electron chi connectivity index (χ4n) is 3.31. The second kappa shape index (κ2) is 8.85. The summed E-state index contributed by atoms with van der Waals surface area (Å²) < 4.78 is 0. The molecule has 0 aliphatic heterocycles. The van der Waals surface area contributed by atoms with Gasteiger partial charge in [-0.15, -0.1) is 11.3 Å². The second-order valence-corrected chi connectivity index (χ2v) is 7.95. The standard InChI is InChI=1S/C23H20N4O3S/c24-21(28)14-7-9-16(10-8-14)26-22(29)19(27-23(30)20-6-3-11-31-20)12-15-13-25-18-5-2-1-4-17(15)18/h1-11,13,19,25H,12H2,(H2,24,28)(H,26,29)(H,27,30). The third-order valence-electron chi connectivity index (χ3n) is 4.90. The minimum absolute atomic E-state index is 0.306. The fraction of sp³-hybridized carbons (Fsp3) is 0.0870. The lowest BCUT2D eigenvalue weighted by atomic mass is 10.0. The monoisotopic (exact) mass is 432 g/mol. The number of hydrogen-bond donors (Lipinski definition) is 4. The molecule has 3 amide bonds. The number of nitrogens with one attached hydrogen (secondary N) is 3. The molecule has 0 aliphatic rings. The van der Waals surface area contributed by atoms with Crippen LogP contribution in [0.5, 0.6) is 0 Å². The van der Waals surface area contributed by atoms with Crippen molar-refractivity contribution in [3.63, 3.8) is 0 Å². The number of amides is 3. The lowest BCUT2D eigenvalue weighted by Crippen LogP contribution is -2.45. The Morgan fingerprint density at radius 1 is 1.00 bits per heavy atom. The molecule has 156 valence electrons. The Morgan fingerprint density at radius 3 is 2.48 bits per heavy atom. The highest BCUT2D eigenvalue weighted by molar-refractivity contribution is 7.12. The SMILES string of the molecule is NC(=O)c1ccc(NC(=O)C(Cc2c[nH]c3ccccc23)NC(=O)c2cccs2)cc1. The number of thiophene rings is 1. The van der Waals surface area contributed by atoms with Gasteiger partial charge in [-0.2, -0.15) is 0 Å². The van der Waals surface area contributed by atoms with Crippen molar-refractivity contribution in [3.8, 4) is 0 Å². The number of anilines is 1. The smallest absolute Gasteiger partial charge is 0.262 e. The summed E-state index contributed by atoms with van der Waals surface area (Å²) in [5.74, 6) is -1.21. The average molecular weight is 433 g/mol. The van der Waals surface area contributed by atoms with Crippen LogP contribution in [0.2, 0.25) is 0 Å². The Labute approximate surface area is 182 Å². The van der Waals surface area contributed by atoms with E-state index in [0.29, 0.717) is 22.5 Å². The highest BCUT2D eigenvalue weighted by Gasteiger charge is 2.24. The van der Waals surface area contributed by atoms with Crippen LogP contribution in [0.25, 0.3) is 10.9 Å². The Hall–Kier alpha value is -3.91. The summed E-state index contributed by atoms with van der Waals surface area (Å²) in [6.07, 6.45) is 2.16. The maximum atomic E-state index is 13.1. The van der Waals surface area contributed by atoms with Gasteiger partial charge >= 0.3 is 0 Å². The number of carbonyl (C=O) groups excluding carboxylic acids is 3. The van der Waals surface area contributed by atoms with Crippen LogP contribution < -0.4 is 16.4 Å². The van der Waals surface area contributed by atoms with Gasteiger partial charge in [0.15, 0.2) is 0 Å². The van der Waals surface area contributed by atoms with E-state index in [4.69, 9.17) is 5.73 Å². The van der Waals surface area contributed by atoms with Crippen molar-refractivity contribution in [2.75, 3.05) is 5.32 Å². The zero-order chi connectivity index (χ0) is 21.8. The van der Waals surface area contributed by atoms with Crippen LogP contribution in [0.3, 0.4) is 0 Å². The summed E-state index contributed by atoms with van der Waals surface area (Å²) in [6.45, 7) is 0. The van der Waals surface area contributed by atoms with Gasteiger partial charge in [0.1, 0.15) is 6.04 Å². The Kier molecular flexibility index (Phi) is 5.81. The molecule has 4 rings (SSSR count). The minimum Gasteiger partial charge on any atom is -0.366 e. The van der Waals surface area contributed by atoms with E-state index in [2.05, 4.69) is 15.6 Å². The molecule has 0 bridgehead atoms. The number of para-hydroxylation sites is 1. The van der Waals surface area contributed by atoms with E-state index in [1.807, 2.05) is 35.8 Å². The molecule has 2 aromatic heterocycles. The third-order valence-corrected chi connectivity index (χ3v) is 5.77. The maximum Gasteiger partial charge on any atom is 0.262 e. The van der Waals surface area contributed by atoms with Crippen LogP contribution in [-0.2, 0) is 11.2 Å². The largest absolute Gasteiger partial charge is 0.366 e. The molecule has 1 atom stereocenters. The van der Waals surface area contributed by atoms with Gasteiger partial charge in [0.2, 0.25) is 11.8 Å². The lowest BCUT2D eigenvalue weighted by Gasteiger charge is -2.18. The third kappa shape index (κ3) is 4.65. The molecular weight excluding hydrogens is 412 g/mol. The molecule has 7 nitrogen and oxygen atoms in total. The minimum atomic E-state index is -0.801. The van der Waals surface area contributed by atoms with Gasteiger partial charge in [-0.05, 0) is 47.3 Å². The van der Waals surface area contributed by atoms with Crippen molar-refractivity contribution in [3.05, 3.63) is 88.2 Å². The van der Waals surface area contributed by atoms with Crippen molar-refractivity contribution in [2.24, 2.45) is 5.73 Å². The van der Waals surface area contributed by atoms with E-state index in [1.165, 1.54) is 23.5 Å². The van der Waals surface area contributed by atoms with Gasteiger partial charge < -0.3 is 21.4 Å². The van der Waals surface area contributed by atoms with Gasteiger partial charge in [-0.1, -0.05) is 24.3 Å². The van der Waals surface area contributed by atoms with Gasteiger partial charge in [-0.25, -0.2) is 0 Å². The first-order valence-electron chi connectivity index (χ1n) is 9.61. The highest BCUT2D eigenvalue weighted by atomic mass is 32.1. The number of benzene rings is 2. The number of aromatic nitrogens is 1. The summed E-state index contributed by atoms with van der Waals surface area (Å²) >= 11 is 1.31. The quantitative estimate of drug-likeness (QED) is 0.359. The van der Waals surface area contributed by atoms with Crippen molar-refractivity contribution >= 4 is 45.6 Å². The zero-order valence-corrected chi connectivity index (χ0v) is 17.2. The molecule has 2 heterocycles. The summed E-state index contributed by atoms with van der Waals surface area (Å²) in [6, 6.07) is 16.8. The second-order valence-electron chi connectivity index (χ2n) is 7.00. The number of H-pyrrole nitrogens is 1. The predicted molar refractivity (Wildman–Crippen MR) is 121 cm³/mol. The number of aromatic amines is 1. The number of fused-ring (bicyclic) bond motifs is 1. The molecular formula is C23H20N4O3S. The van der Waals surface area contributed by atoms with Crippen molar-refractivity contribution in [1.29, 1.82) is 0 Å². The molecule has 0 spiro atoms. The van der Waals surface area contributed by atoms with E-state index in [1.54, 1.807) is 24.3 Å². The van der Waals surface area contributed by atoms with E-state index in [9.17, 15) is 14.4 Å². The van der Waals surface area contributed by atoms with Gasteiger partial charge in [0.25, 0.3) is 5.91 Å². The normalized spacial score (nSPS) is 11.7. The van der Waals surface area contributed by atoms with Crippen LogP contribution in [0.15, 0.2) is 72.2 Å². The summed E-state index contributed by atoms with van der Waals surface area (Å²) in [5, 5.41) is 8.46. The van der Waals surface area contributed by atoms with Gasteiger partial charge in [-0.3, -0.25) is 14.4 Å². The van der Waals surface area contributed by atoms with Crippen LogP contribution in [0.1, 0.15) is 25.6 Å². The number of carbonyl (C=O) groups is 3. The molecule has 0 fully saturated rings. The summed E-state index contributed by atoms with van der Waals surface area (Å²) in [5.41, 5.74) is 7.99. The lowest BCUT2D eigenvalue weighted by molar-refractivity contribution is -0.118. The first-order chi connectivity index (χ1) is 15.0. The zero-order valence-electron chi connectivity index (χ0n) is 16.4. The van der Waals surface area contributed by atoms with E-state index >= 15 is 0 Å². The summed E-state index contributed by atoms with van der Waals surface area (Å²) in [7, 11) is 0. The molecule has 0 radical (unpaired) electrons. The average Bonchev–Trinajstić information content (AvgIpc) is 3.44. The molecule has 0 saturated carbocycles. The number of primary amides is 1. The topological polar surface area (TPSA) is 117 Å². The van der Waals surface area contributed by atoms with E-state index in [-0.39, 0.29) is 11.8 Å². The molecule has 2 aromatic carbocycles. The molecule has 1 unspecified atom stereocenters. The predicted octanol–water partition coefficient (Wildman–Crippen LogP) is 3.31. The number of nitrogens with two attached hydrogens (primary N) is 1. The Bertz CT molecular complexity index is 1230. The van der Waals surface area contributed by atoms with E-state index in [0.717, 1.165) is 16.5 Å². The van der Waals surface area contributed by atoms with Crippen LogP contribution in [0, 0.1) is 0 Å². The van der Waals surface area contributed by atoms with Crippen LogP contribution in [0.4, 0.5) is 5.69 Å². The molecule has 4 aromatic rings. The summed E-state index contributed by atoms with van der Waals surface area (Å²) in [4.78, 5) is 40.7. The van der Waals surface area contributed by atoms with Crippen molar-refractivity contribution in [1.82, 2.24) is 10.3 Å².